The molecule has 0 aliphatic rings. The Hall–Kier alpha value is -2.02. The molecule has 1 aromatic heterocycles. The fourth-order valence-corrected chi connectivity index (χ4v) is 2.81. The van der Waals surface area contributed by atoms with Crippen molar-refractivity contribution in [3.05, 3.63) is 36.2 Å². The summed E-state index contributed by atoms with van der Waals surface area (Å²) in [6, 6.07) is 4.75. The van der Waals surface area contributed by atoms with Gasteiger partial charge in [-0.05, 0) is 24.1 Å². The Morgan fingerprint density at radius 2 is 2.16 bits per heavy atom. The third-order valence-corrected chi connectivity index (χ3v) is 4.14. The molecule has 7 heteroatoms. The van der Waals surface area contributed by atoms with Crippen LogP contribution in [-0.2, 0) is 23.5 Å². The lowest BCUT2D eigenvalue weighted by atomic mass is 10.1. The monoisotopic (exact) mass is 280 g/mol. The summed E-state index contributed by atoms with van der Waals surface area (Å²) in [6.07, 6.45) is 3.80. The molecule has 0 bridgehead atoms. The molecule has 1 aromatic carbocycles. The van der Waals surface area contributed by atoms with Crippen molar-refractivity contribution in [2.75, 3.05) is 10.5 Å². The van der Waals surface area contributed by atoms with Gasteiger partial charge in [-0.25, -0.2) is 8.42 Å². The van der Waals surface area contributed by atoms with E-state index in [1.54, 1.807) is 25.4 Å². The lowest BCUT2D eigenvalue weighted by molar-refractivity contribution is 0.601. The van der Waals surface area contributed by atoms with Crippen LogP contribution in [0.15, 0.2) is 35.5 Å². The third-order valence-electron chi connectivity index (χ3n) is 2.77. The Kier molecular flexibility index (Phi) is 3.48. The first-order valence-electron chi connectivity index (χ1n) is 5.82. The Bertz CT molecular complexity index is 692. The molecule has 0 saturated carbocycles. The van der Waals surface area contributed by atoms with Crippen molar-refractivity contribution < 1.29 is 8.42 Å². The minimum atomic E-state index is -3.63. The van der Waals surface area contributed by atoms with Crippen LogP contribution in [0.2, 0.25) is 0 Å². The van der Waals surface area contributed by atoms with E-state index in [-0.39, 0.29) is 4.90 Å². The molecule has 2 rings (SSSR count). The molecule has 0 atom stereocenters. The van der Waals surface area contributed by atoms with E-state index in [0.29, 0.717) is 11.4 Å². The van der Waals surface area contributed by atoms with Crippen molar-refractivity contribution in [2.45, 2.75) is 18.2 Å². The molecule has 19 heavy (non-hydrogen) atoms. The van der Waals surface area contributed by atoms with E-state index >= 15 is 0 Å². The third kappa shape index (κ3) is 2.87. The van der Waals surface area contributed by atoms with Crippen molar-refractivity contribution in [2.24, 2.45) is 7.05 Å². The number of rotatable bonds is 4. The summed E-state index contributed by atoms with van der Waals surface area (Å²) >= 11 is 0. The fraction of sp³-hybridized carbons (Fsp3) is 0.250. The number of sulfonamides is 1. The maximum absolute atomic E-state index is 12.2. The van der Waals surface area contributed by atoms with Gasteiger partial charge in [0.1, 0.15) is 0 Å². The number of benzene rings is 1. The predicted octanol–water partition coefficient (Wildman–Crippen LogP) is 1.37. The van der Waals surface area contributed by atoms with Crippen LogP contribution >= 0.6 is 0 Å². The molecule has 0 saturated heterocycles. The molecule has 0 spiro atoms. The van der Waals surface area contributed by atoms with Crippen LogP contribution in [0.3, 0.4) is 0 Å². The van der Waals surface area contributed by atoms with Crippen LogP contribution < -0.4 is 10.5 Å². The summed E-state index contributed by atoms with van der Waals surface area (Å²) in [7, 11) is -1.92. The van der Waals surface area contributed by atoms with E-state index in [0.717, 1.165) is 12.0 Å². The zero-order valence-electron chi connectivity index (χ0n) is 10.8. The molecule has 0 fully saturated rings. The van der Waals surface area contributed by atoms with E-state index in [4.69, 9.17) is 5.73 Å². The van der Waals surface area contributed by atoms with Gasteiger partial charge in [-0.1, -0.05) is 13.0 Å². The highest BCUT2D eigenvalue weighted by atomic mass is 32.2. The van der Waals surface area contributed by atoms with Gasteiger partial charge in [0, 0.05) is 18.9 Å². The fourth-order valence-electron chi connectivity index (χ4n) is 1.75. The number of nitrogens with one attached hydrogen (secondary N) is 1. The highest BCUT2D eigenvalue weighted by Gasteiger charge is 2.16. The molecule has 102 valence electrons. The summed E-state index contributed by atoms with van der Waals surface area (Å²) in [6.45, 7) is 1.97. The SMILES string of the molecule is CCc1ccc(S(=O)(=O)Nc2cnn(C)c2)cc1N. The predicted molar refractivity (Wildman–Crippen MR) is 74.2 cm³/mol. The normalized spacial score (nSPS) is 11.5. The van der Waals surface area contributed by atoms with Gasteiger partial charge in [-0.3, -0.25) is 9.40 Å². The van der Waals surface area contributed by atoms with Crippen molar-refractivity contribution in [1.29, 1.82) is 0 Å². The Balaban J connectivity index is 2.31. The van der Waals surface area contributed by atoms with Crippen molar-refractivity contribution in [3.63, 3.8) is 0 Å². The number of hydrogen-bond donors (Lipinski definition) is 2. The van der Waals surface area contributed by atoms with Crippen molar-refractivity contribution in [3.8, 4) is 0 Å². The Morgan fingerprint density at radius 1 is 1.42 bits per heavy atom. The van der Waals surface area contributed by atoms with E-state index in [1.165, 1.54) is 16.9 Å². The van der Waals surface area contributed by atoms with Gasteiger partial charge < -0.3 is 5.73 Å². The summed E-state index contributed by atoms with van der Waals surface area (Å²) in [4.78, 5) is 0.144. The molecule has 3 N–H and O–H groups in total. The number of nitrogens with zero attached hydrogens (tertiary/aromatic N) is 2. The Labute approximate surface area is 112 Å². The molecule has 0 amide bonds. The minimum Gasteiger partial charge on any atom is -0.398 e. The average Bonchev–Trinajstić information content (AvgIpc) is 2.73. The number of nitrogen functional groups attached to an aromatic ring is 1. The van der Waals surface area contributed by atoms with Crippen LogP contribution in [0, 0.1) is 0 Å². The highest BCUT2D eigenvalue weighted by molar-refractivity contribution is 7.92. The second-order valence-electron chi connectivity index (χ2n) is 4.22. The number of anilines is 2. The molecule has 1 heterocycles. The summed E-state index contributed by atoms with van der Waals surface area (Å²) in [5, 5.41) is 3.90. The second kappa shape index (κ2) is 4.93. The van der Waals surface area contributed by atoms with Gasteiger partial charge >= 0.3 is 0 Å². The number of hydrogen-bond acceptors (Lipinski definition) is 4. The summed E-state index contributed by atoms with van der Waals surface area (Å²) in [5.74, 6) is 0. The van der Waals surface area contributed by atoms with Gasteiger partial charge in [0.25, 0.3) is 10.0 Å². The number of aromatic nitrogens is 2. The maximum Gasteiger partial charge on any atom is 0.262 e. The zero-order valence-corrected chi connectivity index (χ0v) is 11.6. The first-order chi connectivity index (χ1) is 8.92. The van der Waals surface area contributed by atoms with Crippen molar-refractivity contribution >= 4 is 21.4 Å². The average molecular weight is 280 g/mol. The summed E-state index contributed by atoms with van der Waals surface area (Å²) < 4.78 is 28.3. The smallest absolute Gasteiger partial charge is 0.262 e. The van der Waals surface area contributed by atoms with Gasteiger partial charge in [0.15, 0.2) is 0 Å². The second-order valence-corrected chi connectivity index (χ2v) is 5.90. The van der Waals surface area contributed by atoms with E-state index in [1.807, 2.05) is 6.92 Å². The van der Waals surface area contributed by atoms with Gasteiger partial charge in [-0.15, -0.1) is 0 Å². The van der Waals surface area contributed by atoms with Crippen LogP contribution in [0.25, 0.3) is 0 Å². The molecular weight excluding hydrogens is 264 g/mol. The molecule has 6 nitrogen and oxygen atoms in total. The van der Waals surface area contributed by atoms with Crippen LogP contribution in [0.4, 0.5) is 11.4 Å². The molecule has 0 unspecified atom stereocenters. The summed E-state index contributed by atoms with van der Waals surface area (Å²) in [5.41, 5.74) is 7.65. The van der Waals surface area contributed by atoms with Crippen LogP contribution in [0.5, 0.6) is 0 Å². The topological polar surface area (TPSA) is 90.0 Å². The first kappa shape index (κ1) is 13.4. The van der Waals surface area contributed by atoms with E-state index in [2.05, 4.69) is 9.82 Å². The largest absolute Gasteiger partial charge is 0.398 e. The first-order valence-corrected chi connectivity index (χ1v) is 7.30. The Morgan fingerprint density at radius 3 is 2.68 bits per heavy atom. The standard InChI is InChI=1S/C12H16N4O2S/c1-3-9-4-5-11(6-12(9)13)19(17,18)15-10-7-14-16(2)8-10/h4-8,15H,3,13H2,1-2H3. The molecule has 0 radical (unpaired) electrons. The molecular formula is C12H16N4O2S. The van der Waals surface area contributed by atoms with E-state index in [9.17, 15) is 8.42 Å². The van der Waals surface area contributed by atoms with E-state index < -0.39 is 10.0 Å². The van der Waals surface area contributed by atoms with Crippen LogP contribution in [-0.4, -0.2) is 18.2 Å². The highest BCUT2D eigenvalue weighted by Crippen LogP contribution is 2.20. The number of nitrogens with two attached hydrogens (primary N) is 1. The number of aryl methyl sites for hydroxylation is 2. The van der Waals surface area contributed by atoms with Gasteiger partial charge in [-0.2, -0.15) is 5.10 Å². The van der Waals surface area contributed by atoms with Gasteiger partial charge in [0.2, 0.25) is 0 Å². The lowest BCUT2D eigenvalue weighted by Gasteiger charge is -2.08. The maximum atomic E-state index is 12.2. The van der Waals surface area contributed by atoms with Crippen molar-refractivity contribution in [1.82, 2.24) is 9.78 Å². The minimum absolute atomic E-state index is 0.144. The van der Waals surface area contributed by atoms with Crippen LogP contribution in [0.1, 0.15) is 12.5 Å². The van der Waals surface area contributed by atoms with Gasteiger partial charge in [0.05, 0.1) is 16.8 Å². The quantitative estimate of drug-likeness (QED) is 0.828. The molecule has 0 aliphatic heterocycles. The molecule has 0 aliphatic carbocycles. The zero-order chi connectivity index (χ0) is 14.0. The lowest BCUT2D eigenvalue weighted by Crippen LogP contribution is -2.13. The molecule has 2 aromatic rings.